The van der Waals surface area contributed by atoms with Crippen molar-refractivity contribution in [3.8, 4) is 11.5 Å². The van der Waals surface area contributed by atoms with Crippen molar-refractivity contribution >= 4 is 5.96 Å². The first-order chi connectivity index (χ1) is 12.7. The highest BCUT2D eigenvalue weighted by molar-refractivity contribution is 5.79. The van der Waals surface area contributed by atoms with E-state index < -0.39 is 0 Å². The van der Waals surface area contributed by atoms with E-state index in [0.29, 0.717) is 6.54 Å². The minimum Gasteiger partial charge on any atom is -0.497 e. The summed E-state index contributed by atoms with van der Waals surface area (Å²) in [6, 6.07) is 5.83. The maximum Gasteiger partial charge on any atom is 0.191 e. The molecule has 0 aromatic heterocycles. The molecule has 146 valence electrons. The summed E-state index contributed by atoms with van der Waals surface area (Å²) in [5, 5.41) is 6.75. The Balaban J connectivity index is 1.87. The Kier molecular flexibility index (Phi) is 8.54. The Morgan fingerprint density at radius 1 is 1.19 bits per heavy atom. The predicted molar refractivity (Wildman–Crippen MR) is 107 cm³/mol. The minimum atomic E-state index is 0.559. The van der Waals surface area contributed by atoms with Crippen molar-refractivity contribution in [1.82, 2.24) is 15.5 Å². The third-order valence-electron chi connectivity index (χ3n) is 4.84. The van der Waals surface area contributed by atoms with Crippen LogP contribution < -0.4 is 20.1 Å². The summed E-state index contributed by atoms with van der Waals surface area (Å²) in [5.41, 5.74) is 1.04. The molecular formula is C20H34N4O2. The summed E-state index contributed by atoms with van der Waals surface area (Å²) >= 11 is 0. The second-order valence-electron chi connectivity index (χ2n) is 6.82. The molecule has 0 aliphatic carbocycles. The number of hydrogen-bond acceptors (Lipinski definition) is 4. The van der Waals surface area contributed by atoms with Gasteiger partial charge >= 0.3 is 0 Å². The molecule has 0 spiro atoms. The van der Waals surface area contributed by atoms with E-state index in [1.807, 2.05) is 18.2 Å². The lowest BCUT2D eigenvalue weighted by molar-refractivity contribution is 0.195. The van der Waals surface area contributed by atoms with Crippen molar-refractivity contribution < 1.29 is 9.47 Å². The first kappa shape index (κ1) is 20.4. The average Bonchev–Trinajstić information content (AvgIpc) is 2.67. The molecule has 1 aliphatic heterocycles. The number of rotatable bonds is 8. The molecule has 0 bridgehead atoms. The number of guanidine groups is 1. The highest BCUT2D eigenvalue weighted by atomic mass is 16.5. The highest BCUT2D eigenvalue weighted by Gasteiger charge is 2.15. The van der Waals surface area contributed by atoms with Gasteiger partial charge in [-0.3, -0.25) is 0 Å². The average molecular weight is 363 g/mol. The van der Waals surface area contributed by atoms with Crippen molar-refractivity contribution in [1.29, 1.82) is 0 Å². The zero-order valence-electron chi connectivity index (χ0n) is 16.7. The molecule has 1 heterocycles. The van der Waals surface area contributed by atoms with Crippen molar-refractivity contribution in [2.45, 2.75) is 33.2 Å². The quantitative estimate of drug-likeness (QED) is 0.550. The third kappa shape index (κ3) is 6.41. The molecule has 6 nitrogen and oxygen atoms in total. The van der Waals surface area contributed by atoms with Gasteiger partial charge in [-0.25, -0.2) is 4.99 Å². The molecule has 6 heteroatoms. The van der Waals surface area contributed by atoms with Crippen molar-refractivity contribution in [3.05, 3.63) is 23.8 Å². The minimum absolute atomic E-state index is 0.559. The van der Waals surface area contributed by atoms with E-state index in [9.17, 15) is 0 Å². The number of ether oxygens (including phenoxy) is 2. The first-order valence-electron chi connectivity index (χ1n) is 9.61. The van der Waals surface area contributed by atoms with E-state index in [2.05, 4.69) is 29.4 Å². The van der Waals surface area contributed by atoms with E-state index in [1.54, 1.807) is 14.2 Å². The molecule has 0 atom stereocenters. The summed E-state index contributed by atoms with van der Waals surface area (Å²) in [6.45, 7) is 10.2. The number of methoxy groups -OCH3 is 2. The van der Waals surface area contributed by atoms with Gasteiger partial charge in [0.2, 0.25) is 0 Å². The van der Waals surface area contributed by atoms with Gasteiger partial charge in [-0.15, -0.1) is 0 Å². The molecule has 1 fully saturated rings. The molecular weight excluding hydrogens is 328 g/mol. The summed E-state index contributed by atoms with van der Waals surface area (Å²) in [5.74, 6) is 3.30. The summed E-state index contributed by atoms with van der Waals surface area (Å²) in [6.07, 6.45) is 2.62. The van der Waals surface area contributed by atoms with Crippen LogP contribution in [-0.2, 0) is 6.54 Å². The van der Waals surface area contributed by atoms with Gasteiger partial charge in [0.25, 0.3) is 0 Å². The maximum absolute atomic E-state index is 5.45. The molecule has 0 amide bonds. The van der Waals surface area contributed by atoms with Gasteiger partial charge < -0.3 is 25.0 Å². The van der Waals surface area contributed by atoms with Crippen LogP contribution in [0.5, 0.6) is 11.5 Å². The van der Waals surface area contributed by atoms with Gasteiger partial charge in [-0.1, -0.05) is 6.92 Å². The van der Waals surface area contributed by atoms with Gasteiger partial charge in [-0.05, 0) is 50.9 Å². The monoisotopic (exact) mass is 362 g/mol. The van der Waals surface area contributed by atoms with Gasteiger partial charge in [0, 0.05) is 31.3 Å². The smallest absolute Gasteiger partial charge is 0.191 e. The van der Waals surface area contributed by atoms with E-state index >= 15 is 0 Å². The van der Waals surface area contributed by atoms with Crippen LogP contribution in [0, 0.1) is 5.92 Å². The van der Waals surface area contributed by atoms with Crippen LogP contribution in [0.4, 0.5) is 0 Å². The molecule has 2 N–H and O–H groups in total. The Labute approximate surface area is 158 Å². The van der Waals surface area contributed by atoms with Crippen LogP contribution in [0.25, 0.3) is 0 Å². The summed E-state index contributed by atoms with van der Waals surface area (Å²) < 4.78 is 10.7. The molecule has 0 radical (unpaired) electrons. The van der Waals surface area contributed by atoms with Gasteiger partial charge in [0.15, 0.2) is 5.96 Å². The topological polar surface area (TPSA) is 58.1 Å². The predicted octanol–water partition coefficient (Wildman–Crippen LogP) is 2.49. The first-order valence-corrected chi connectivity index (χ1v) is 9.61. The highest BCUT2D eigenvalue weighted by Crippen LogP contribution is 2.25. The molecule has 1 aromatic carbocycles. The van der Waals surface area contributed by atoms with Gasteiger partial charge in [0.1, 0.15) is 11.5 Å². The Hall–Kier alpha value is -1.95. The number of nitrogens with zero attached hydrogens (tertiary/aromatic N) is 2. The fraction of sp³-hybridized carbons (Fsp3) is 0.650. The van der Waals surface area contributed by atoms with Crippen LogP contribution in [0.2, 0.25) is 0 Å². The zero-order chi connectivity index (χ0) is 18.8. The van der Waals surface area contributed by atoms with Crippen molar-refractivity contribution in [2.75, 3.05) is 46.9 Å². The standard InChI is InChI=1S/C20H34N4O2/c1-5-21-20(22-10-13-24-11-8-16(2)9-12-24)23-15-17-6-7-18(25-3)14-19(17)26-4/h6-7,14,16H,5,8-13,15H2,1-4H3,(H2,21,22,23). The molecule has 26 heavy (non-hydrogen) atoms. The lowest BCUT2D eigenvalue weighted by Gasteiger charge is -2.30. The lowest BCUT2D eigenvalue weighted by Crippen LogP contribution is -2.43. The Morgan fingerprint density at radius 3 is 2.62 bits per heavy atom. The lowest BCUT2D eigenvalue weighted by atomic mass is 9.99. The summed E-state index contributed by atoms with van der Waals surface area (Å²) in [7, 11) is 3.33. The number of nitrogens with one attached hydrogen (secondary N) is 2. The molecule has 0 saturated carbocycles. The molecule has 1 aliphatic rings. The fourth-order valence-electron chi connectivity index (χ4n) is 3.11. The van der Waals surface area contributed by atoms with E-state index in [0.717, 1.165) is 48.6 Å². The van der Waals surface area contributed by atoms with Crippen LogP contribution in [0.3, 0.4) is 0 Å². The van der Waals surface area contributed by atoms with Crippen LogP contribution >= 0.6 is 0 Å². The Bertz CT molecular complexity index is 569. The largest absolute Gasteiger partial charge is 0.497 e. The van der Waals surface area contributed by atoms with E-state index in [4.69, 9.17) is 14.5 Å². The number of piperidine rings is 1. The molecule has 0 unspecified atom stereocenters. The fourth-order valence-corrected chi connectivity index (χ4v) is 3.11. The second-order valence-corrected chi connectivity index (χ2v) is 6.82. The van der Waals surface area contributed by atoms with Gasteiger partial charge in [-0.2, -0.15) is 0 Å². The van der Waals surface area contributed by atoms with Crippen LogP contribution in [-0.4, -0.2) is 57.8 Å². The SMILES string of the molecule is CCNC(=NCc1ccc(OC)cc1OC)NCCN1CCC(C)CC1. The Morgan fingerprint density at radius 2 is 1.96 bits per heavy atom. The maximum atomic E-state index is 5.45. The second kappa shape index (κ2) is 10.9. The van der Waals surface area contributed by atoms with Crippen LogP contribution in [0.1, 0.15) is 32.3 Å². The third-order valence-corrected chi connectivity index (χ3v) is 4.84. The number of likely N-dealkylation sites (tertiary alicyclic amines) is 1. The number of aliphatic imine (C=N–C) groups is 1. The van der Waals surface area contributed by atoms with E-state index in [-0.39, 0.29) is 0 Å². The normalized spacial score (nSPS) is 16.4. The molecule has 1 saturated heterocycles. The number of benzene rings is 1. The zero-order valence-corrected chi connectivity index (χ0v) is 16.7. The molecule has 1 aromatic rings. The van der Waals surface area contributed by atoms with Crippen LogP contribution in [0.15, 0.2) is 23.2 Å². The van der Waals surface area contributed by atoms with Crippen molar-refractivity contribution in [2.24, 2.45) is 10.9 Å². The number of hydrogen-bond donors (Lipinski definition) is 2. The molecule has 2 rings (SSSR count). The van der Waals surface area contributed by atoms with E-state index in [1.165, 1.54) is 25.9 Å². The summed E-state index contributed by atoms with van der Waals surface area (Å²) in [4.78, 5) is 7.23. The van der Waals surface area contributed by atoms with Gasteiger partial charge in [0.05, 0.1) is 20.8 Å². The van der Waals surface area contributed by atoms with Crippen molar-refractivity contribution in [3.63, 3.8) is 0 Å².